The summed E-state index contributed by atoms with van der Waals surface area (Å²) in [6, 6.07) is 4.76. The summed E-state index contributed by atoms with van der Waals surface area (Å²) in [4.78, 5) is 14.8. The smallest absolute Gasteiger partial charge is 0.254 e. The van der Waals surface area contributed by atoms with Gasteiger partial charge in [0.1, 0.15) is 0 Å². The van der Waals surface area contributed by atoms with Gasteiger partial charge in [0.05, 0.1) is 4.90 Å². The number of carbonyl (C=O) groups is 1. The molecular formula is C18H28N2O3S. The third kappa shape index (κ3) is 4.57. The molecule has 1 saturated heterocycles. The molecule has 1 aromatic carbocycles. The van der Waals surface area contributed by atoms with E-state index in [1.54, 1.807) is 32.9 Å². The lowest BCUT2D eigenvalue weighted by molar-refractivity contribution is 0.0696. The minimum Gasteiger partial charge on any atom is -0.339 e. The van der Waals surface area contributed by atoms with Gasteiger partial charge in [-0.1, -0.05) is 13.0 Å². The van der Waals surface area contributed by atoms with E-state index < -0.39 is 15.6 Å². The van der Waals surface area contributed by atoms with Crippen LogP contribution in [-0.2, 0) is 10.0 Å². The number of likely N-dealkylation sites (tertiary alicyclic amines) is 1. The maximum absolute atomic E-state index is 12.8. The number of rotatable bonds is 3. The van der Waals surface area contributed by atoms with E-state index in [0.29, 0.717) is 11.5 Å². The lowest BCUT2D eigenvalue weighted by Gasteiger charge is -2.31. The van der Waals surface area contributed by atoms with Crippen molar-refractivity contribution in [1.29, 1.82) is 0 Å². The first-order valence-electron chi connectivity index (χ1n) is 8.43. The summed E-state index contributed by atoms with van der Waals surface area (Å²) in [6.07, 6.45) is 1.99. The Balaban J connectivity index is 2.30. The van der Waals surface area contributed by atoms with E-state index in [1.807, 2.05) is 11.8 Å². The summed E-state index contributed by atoms with van der Waals surface area (Å²) in [5.41, 5.74) is 0.700. The second-order valence-corrected chi connectivity index (χ2v) is 9.49. The fourth-order valence-electron chi connectivity index (χ4n) is 2.84. The first-order chi connectivity index (χ1) is 11.0. The molecule has 0 aliphatic carbocycles. The Hall–Kier alpha value is -1.40. The summed E-state index contributed by atoms with van der Waals surface area (Å²) < 4.78 is 27.7. The van der Waals surface area contributed by atoms with E-state index >= 15 is 0 Å². The highest BCUT2D eigenvalue weighted by Crippen LogP contribution is 2.22. The quantitative estimate of drug-likeness (QED) is 0.909. The molecule has 0 saturated carbocycles. The average Bonchev–Trinajstić information content (AvgIpc) is 2.45. The van der Waals surface area contributed by atoms with E-state index in [4.69, 9.17) is 0 Å². The van der Waals surface area contributed by atoms with Crippen LogP contribution in [-0.4, -0.2) is 37.9 Å². The van der Waals surface area contributed by atoms with Gasteiger partial charge in [-0.2, -0.15) is 0 Å². The van der Waals surface area contributed by atoms with Crippen molar-refractivity contribution in [2.75, 3.05) is 13.1 Å². The number of piperidine rings is 1. The number of nitrogens with zero attached hydrogens (tertiary/aromatic N) is 1. The van der Waals surface area contributed by atoms with Crippen molar-refractivity contribution in [1.82, 2.24) is 9.62 Å². The molecule has 6 heteroatoms. The maximum Gasteiger partial charge on any atom is 0.254 e. The molecule has 0 unspecified atom stereocenters. The lowest BCUT2D eigenvalue weighted by atomic mass is 9.98. The molecule has 24 heavy (non-hydrogen) atoms. The van der Waals surface area contributed by atoms with Crippen LogP contribution < -0.4 is 4.72 Å². The standard InChI is InChI=1S/C18H28N2O3S/c1-13-8-10-20(11-9-13)17(21)16-12-15(7-6-14(16)2)24(22,23)19-18(3,4)5/h6-7,12-13,19H,8-11H2,1-5H3. The summed E-state index contributed by atoms with van der Waals surface area (Å²) in [7, 11) is -3.65. The van der Waals surface area contributed by atoms with Crippen LogP contribution in [0.5, 0.6) is 0 Å². The number of amides is 1. The van der Waals surface area contributed by atoms with E-state index in [9.17, 15) is 13.2 Å². The second kappa shape index (κ2) is 6.84. The Bertz CT molecular complexity index is 712. The van der Waals surface area contributed by atoms with Gasteiger partial charge in [-0.3, -0.25) is 4.79 Å². The monoisotopic (exact) mass is 352 g/mol. The van der Waals surface area contributed by atoms with Crippen LogP contribution in [0.4, 0.5) is 0 Å². The normalized spacial score (nSPS) is 17.1. The van der Waals surface area contributed by atoms with Crippen LogP contribution in [0, 0.1) is 12.8 Å². The van der Waals surface area contributed by atoms with Crippen molar-refractivity contribution in [3.05, 3.63) is 29.3 Å². The molecule has 5 nitrogen and oxygen atoms in total. The topological polar surface area (TPSA) is 66.5 Å². The number of carbonyl (C=O) groups excluding carboxylic acids is 1. The third-order valence-electron chi connectivity index (χ3n) is 4.26. The summed E-state index contributed by atoms with van der Waals surface area (Å²) in [5.74, 6) is 0.560. The minimum absolute atomic E-state index is 0.0767. The second-order valence-electron chi connectivity index (χ2n) is 7.81. The van der Waals surface area contributed by atoms with Crippen LogP contribution in [0.3, 0.4) is 0 Å². The fourth-order valence-corrected chi connectivity index (χ4v) is 4.29. The Morgan fingerprint density at radius 3 is 2.33 bits per heavy atom. The zero-order chi connectivity index (χ0) is 18.1. The molecule has 0 spiro atoms. The Kier molecular flexibility index (Phi) is 5.40. The van der Waals surface area contributed by atoms with Gasteiger partial charge in [0.15, 0.2) is 0 Å². The minimum atomic E-state index is -3.65. The molecule has 1 aromatic rings. The molecule has 0 radical (unpaired) electrons. The van der Waals surface area contributed by atoms with Gasteiger partial charge in [-0.25, -0.2) is 13.1 Å². The lowest BCUT2D eigenvalue weighted by Crippen LogP contribution is -2.41. The number of sulfonamides is 1. The highest BCUT2D eigenvalue weighted by Gasteiger charge is 2.26. The Morgan fingerprint density at radius 1 is 1.21 bits per heavy atom. The van der Waals surface area contributed by atoms with Gasteiger partial charge in [-0.05, 0) is 64.2 Å². The molecule has 134 valence electrons. The van der Waals surface area contributed by atoms with Crippen molar-refractivity contribution < 1.29 is 13.2 Å². The van der Waals surface area contributed by atoms with Crippen molar-refractivity contribution in [3.63, 3.8) is 0 Å². The molecule has 1 N–H and O–H groups in total. The zero-order valence-corrected chi connectivity index (χ0v) is 16.0. The molecule has 1 aliphatic heterocycles. The van der Waals surface area contributed by atoms with Crippen LogP contribution in [0.1, 0.15) is 56.5 Å². The highest BCUT2D eigenvalue weighted by atomic mass is 32.2. The van der Waals surface area contributed by atoms with E-state index in [-0.39, 0.29) is 10.8 Å². The van der Waals surface area contributed by atoms with Gasteiger partial charge in [-0.15, -0.1) is 0 Å². The van der Waals surface area contributed by atoms with Crippen molar-refractivity contribution in [2.24, 2.45) is 5.92 Å². The molecule has 1 amide bonds. The molecule has 1 fully saturated rings. The zero-order valence-electron chi connectivity index (χ0n) is 15.2. The Labute approximate surface area is 145 Å². The molecule has 1 heterocycles. The molecule has 1 aliphatic rings. The number of aryl methyl sites for hydroxylation is 1. The largest absolute Gasteiger partial charge is 0.339 e. The van der Waals surface area contributed by atoms with Crippen LogP contribution >= 0.6 is 0 Å². The maximum atomic E-state index is 12.8. The first-order valence-corrected chi connectivity index (χ1v) is 9.92. The van der Waals surface area contributed by atoms with Gasteiger partial charge in [0.25, 0.3) is 5.91 Å². The van der Waals surface area contributed by atoms with Crippen molar-refractivity contribution >= 4 is 15.9 Å². The third-order valence-corrected chi connectivity index (χ3v) is 6.02. The number of benzene rings is 1. The predicted molar refractivity (Wildman–Crippen MR) is 95.6 cm³/mol. The van der Waals surface area contributed by atoms with Gasteiger partial charge >= 0.3 is 0 Å². The van der Waals surface area contributed by atoms with Gasteiger partial charge in [0.2, 0.25) is 10.0 Å². The first kappa shape index (κ1) is 18.9. The summed E-state index contributed by atoms with van der Waals surface area (Å²) in [6.45, 7) is 10.9. The van der Waals surface area contributed by atoms with Crippen LogP contribution in [0.25, 0.3) is 0 Å². The van der Waals surface area contributed by atoms with E-state index in [1.165, 1.54) is 6.07 Å². The molecule has 0 atom stereocenters. The van der Waals surface area contributed by atoms with Crippen molar-refractivity contribution in [2.45, 2.75) is 57.9 Å². The van der Waals surface area contributed by atoms with Crippen LogP contribution in [0.15, 0.2) is 23.1 Å². The van der Waals surface area contributed by atoms with E-state index in [0.717, 1.165) is 31.5 Å². The van der Waals surface area contributed by atoms with E-state index in [2.05, 4.69) is 11.6 Å². The van der Waals surface area contributed by atoms with Gasteiger partial charge < -0.3 is 4.90 Å². The van der Waals surface area contributed by atoms with Crippen molar-refractivity contribution in [3.8, 4) is 0 Å². The average molecular weight is 353 g/mol. The summed E-state index contributed by atoms with van der Waals surface area (Å²) in [5, 5.41) is 0. The molecule has 2 rings (SSSR count). The van der Waals surface area contributed by atoms with Gasteiger partial charge in [0, 0.05) is 24.2 Å². The Morgan fingerprint density at radius 2 is 1.79 bits per heavy atom. The predicted octanol–water partition coefficient (Wildman–Crippen LogP) is 2.94. The molecular weight excluding hydrogens is 324 g/mol. The number of hydrogen-bond donors (Lipinski definition) is 1. The SMILES string of the molecule is Cc1ccc(S(=O)(=O)NC(C)(C)C)cc1C(=O)N1CCC(C)CC1. The highest BCUT2D eigenvalue weighted by molar-refractivity contribution is 7.89. The molecule has 0 bridgehead atoms. The van der Waals surface area contributed by atoms with Crippen LogP contribution in [0.2, 0.25) is 0 Å². The number of hydrogen-bond acceptors (Lipinski definition) is 3. The fraction of sp³-hybridized carbons (Fsp3) is 0.611. The molecule has 0 aromatic heterocycles. The number of nitrogens with one attached hydrogen (secondary N) is 1. The summed E-state index contributed by atoms with van der Waals surface area (Å²) >= 11 is 0.